The molecule has 126 valence electrons. The van der Waals surface area contributed by atoms with Gasteiger partial charge in [-0.25, -0.2) is 4.98 Å². The summed E-state index contributed by atoms with van der Waals surface area (Å²) in [5.41, 5.74) is 6.40. The Kier molecular flexibility index (Phi) is 3.30. The number of hydrogen-bond donors (Lipinski definition) is 1. The van der Waals surface area contributed by atoms with Gasteiger partial charge in [0.05, 0.1) is 24.2 Å². The number of methoxy groups -OCH3 is 1. The summed E-state index contributed by atoms with van der Waals surface area (Å²) in [5, 5.41) is 3.62. The van der Waals surface area contributed by atoms with E-state index in [1.165, 1.54) is 35.2 Å². The highest BCUT2D eigenvalue weighted by Crippen LogP contribution is 2.44. The molecule has 1 unspecified atom stereocenters. The van der Waals surface area contributed by atoms with Crippen molar-refractivity contribution in [3.05, 3.63) is 65.4 Å². The van der Waals surface area contributed by atoms with Crippen molar-refractivity contribution in [2.45, 2.75) is 31.7 Å². The molecule has 1 N–H and O–H groups in total. The summed E-state index contributed by atoms with van der Waals surface area (Å²) in [4.78, 5) is 4.85. The van der Waals surface area contributed by atoms with Gasteiger partial charge < -0.3 is 10.1 Å². The number of nitrogens with zero attached hydrogens (tertiary/aromatic N) is 2. The topological polar surface area (TPSA) is 39.1 Å². The van der Waals surface area contributed by atoms with Crippen LogP contribution in [0.2, 0.25) is 0 Å². The van der Waals surface area contributed by atoms with E-state index in [0.717, 1.165) is 30.1 Å². The van der Waals surface area contributed by atoms with Gasteiger partial charge in [-0.3, -0.25) is 4.57 Å². The molecule has 1 aromatic heterocycles. The zero-order valence-corrected chi connectivity index (χ0v) is 14.3. The van der Waals surface area contributed by atoms with Gasteiger partial charge in [-0.15, -0.1) is 0 Å². The third-order valence-electron chi connectivity index (χ3n) is 5.39. The van der Waals surface area contributed by atoms with Crippen LogP contribution in [0.15, 0.2) is 59.8 Å². The van der Waals surface area contributed by atoms with E-state index >= 15 is 0 Å². The summed E-state index contributed by atoms with van der Waals surface area (Å²) in [5.74, 6) is 1.86. The number of fused-ring (bicyclic) bond motifs is 3. The first kappa shape index (κ1) is 14.6. The number of benzene rings is 2. The summed E-state index contributed by atoms with van der Waals surface area (Å²) < 4.78 is 7.71. The molecule has 0 spiro atoms. The van der Waals surface area contributed by atoms with Crippen LogP contribution in [0.4, 0.5) is 5.95 Å². The van der Waals surface area contributed by atoms with E-state index in [1.54, 1.807) is 7.11 Å². The number of ether oxygens (including phenoxy) is 1. The average Bonchev–Trinajstić information content (AvgIpc) is 3.04. The minimum absolute atomic E-state index is 0.213. The molecule has 25 heavy (non-hydrogen) atoms. The number of rotatable bonds is 2. The Bertz CT molecular complexity index is 968. The highest BCUT2D eigenvalue weighted by molar-refractivity contribution is 5.80. The fraction of sp³-hybridized carbons (Fsp3) is 0.286. The summed E-state index contributed by atoms with van der Waals surface area (Å²) in [6.45, 7) is 0. The van der Waals surface area contributed by atoms with Gasteiger partial charge in [0.15, 0.2) is 0 Å². The maximum Gasteiger partial charge on any atom is 0.209 e. The van der Waals surface area contributed by atoms with E-state index in [2.05, 4.69) is 58.4 Å². The molecule has 0 saturated carbocycles. The second-order valence-corrected chi connectivity index (χ2v) is 6.81. The Morgan fingerprint density at radius 3 is 2.68 bits per heavy atom. The molecule has 2 aromatic carbocycles. The fourth-order valence-electron chi connectivity index (χ4n) is 4.19. The molecule has 0 bridgehead atoms. The second kappa shape index (κ2) is 5.66. The Morgan fingerprint density at radius 2 is 1.84 bits per heavy atom. The zero-order chi connectivity index (χ0) is 16.8. The molecular weight excluding hydrogens is 310 g/mol. The summed E-state index contributed by atoms with van der Waals surface area (Å²) in [7, 11) is 1.71. The Hall–Kier alpha value is -2.75. The number of nitrogens with one attached hydrogen (secondary N) is 1. The lowest BCUT2D eigenvalue weighted by atomic mass is 9.86. The second-order valence-electron chi connectivity index (χ2n) is 6.81. The normalized spacial score (nSPS) is 19.3. The van der Waals surface area contributed by atoms with Crippen molar-refractivity contribution in [3.63, 3.8) is 0 Å². The standard InChI is InChI=1S/C21H21N3O/c1-25-15-12-10-14(11-13-15)20-16-6-2-3-7-17(16)22-21-23-18-8-4-5-9-19(18)24(20)21/h4-5,8-13,20H,2-3,6-7H2,1H3,(H,22,23). The molecule has 0 radical (unpaired) electrons. The summed E-state index contributed by atoms with van der Waals surface area (Å²) in [6.07, 6.45) is 4.77. The van der Waals surface area contributed by atoms with E-state index < -0.39 is 0 Å². The van der Waals surface area contributed by atoms with E-state index in [9.17, 15) is 0 Å². The molecule has 1 aliphatic heterocycles. The van der Waals surface area contributed by atoms with Crippen molar-refractivity contribution in [3.8, 4) is 5.75 Å². The first-order chi connectivity index (χ1) is 12.3. The number of hydrogen-bond acceptors (Lipinski definition) is 3. The van der Waals surface area contributed by atoms with Crippen molar-refractivity contribution in [1.82, 2.24) is 9.55 Å². The van der Waals surface area contributed by atoms with Crippen molar-refractivity contribution in [2.75, 3.05) is 12.4 Å². The maximum absolute atomic E-state index is 5.34. The average molecular weight is 331 g/mol. The Labute approximate surface area is 147 Å². The van der Waals surface area contributed by atoms with Crippen LogP contribution in [0, 0.1) is 0 Å². The van der Waals surface area contributed by atoms with Crippen LogP contribution in [0.1, 0.15) is 37.3 Å². The molecule has 5 rings (SSSR count). The van der Waals surface area contributed by atoms with Crippen LogP contribution in [-0.4, -0.2) is 16.7 Å². The predicted octanol–water partition coefficient (Wildman–Crippen LogP) is 4.89. The van der Waals surface area contributed by atoms with E-state index in [0.29, 0.717) is 0 Å². The Balaban J connectivity index is 1.74. The third kappa shape index (κ3) is 2.24. The van der Waals surface area contributed by atoms with Crippen molar-refractivity contribution in [1.29, 1.82) is 0 Å². The molecule has 0 saturated heterocycles. The number of aromatic nitrogens is 2. The SMILES string of the molecule is COc1ccc(C2C3=C(CCCC3)Nc3nc4ccccc4n32)cc1. The third-order valence-corrected chi connectivity index (χ3v) is 5.39. The van der Waals surface area contributed by atoms with Crippen molar-refractivity contribution in [2.24, 2.45) is 0 Å². The summed E-state index contributed by atoms with van der Waals surface area (Å²) in [6, 6.07) is 17.1. The first-order valence-electron chi connectivity index (χ1n) is 8.95. The maximum atomic E-state index is 5.34. The lowest BCUT2D eigenvalue weighted by molar-refractivity contribution is 0.414. The molecule has 0 amide bonds. The van der Waals surface area contributed by atoms with Crippen LogP contribution >= 0.6 is 0 Å². The predicted molar refractivity (Wildman–Crippen MR) is 100.0 cm³/mol. The van der Waals surface area contributed by atoms with Gasteiger partial charge in [-0.2, -0.15) is 0 Å². The van der Waals surface area contributed by atoms with E-state index in [4.69, 9.17) is 9.72 Å². The number of imidazole rings is 1. The van der Waals surface area contributed by atoms with Gasteiger partial charge in [0.25, 0.3) is 0 Å². The number of para-hydroxylation sites is 2. The largest absolute Gasteiger partial charge is 0.497 e. The van der Waals surface area contributed by atoms with Gasteiger partial charge in [0.2, 0.25) is 5.95 Å². The van der Waals surface area contributed by atoms with Gasteiger partial charge in [-0.1, -0.05) is 24.3 Å². The van der Waals surface area contributed by atoms with Gasteiger partial charge in [0, 0.05) is 5.70 Å². The van der Waals surface area contributed by atoms with Gasteiger partial charge in [-0.05, 0) is 61.1 Å². The van der Waals surface area contributed by atoms with Crippen LogP contribution in [0.25, 0.3) is 11.0 Å². The van der Waals surface area contributed by atoms with Crippen molar-refractivity contribution >= 4 is 17.0 Å². The molecule has 2 heterocycles. The highest BCUT2D eigenvalue weighted by Gasteiger charge is 2.32. The Morgan fingerprint density at radius 1 is 1.04 bits per heavy atom. The molecular formula is C21H21N3O. The molecule has 2 aliphatic rings. The van der Waals surface area contributed by atoms with Crippen molar-refractivity contribution < 1.29 is 4.74 Å². The number of anilines is 1. The van der Waals surface area contributed by atoms with Crippen LogP contribution in [0.5, 0.6) is 5.75 Å². The smallest absolute Gasteiger partial charge is 0.209 e. The van der Waals surface area contributed by atoms with E-state index in [1.807, 2.05) is 0 Å². The fourth-order valence-corrected chi connectivity index (χ4v) is 4.19. The lowest BCUT2D eigenvalue weighted by Crippen LogP contribution is -2.26. The van der Waals surface area contributed by atoms with Gasteiger partial charge in [0.1, 0.15) is 5.75 Å². The monoisotopic (exact) mass is 331 g/mol. The minimum atomic E-state index is 0.213. The zero-order valence-electron chi connectivity index (χ0n) is 14.3. The molecule has 1 aliphatic carbocycles. The summed E-state index contributed by atoms with van der Waals surface area (Å²) >= 11 is 0. The molecule has 4 nitrogen and oxygen atoms in total. The van der Waals surface area contributed by atoms with Crippen LogP contribution < -0.4 is 10.1 Å². The molecule has 3 aromatic rings. The quantitative estimate of drug-likeness (QED) is 0.727. The minimum Gasteiger partial charge on any atom is -0.497 e. The van der Waals surface area contributed by atoms with Crippen LogP contribution in [-0.2, 0) is 0 Å². The number of allylic oxidation sites excluding steroid dienone is 2. The van der Waals surface area contributed by atoms with E-state index in [-0.39, 0.29) is 6.04 Å². The van der Waals surface area contributed by atoms with Gasteiger partial charge >= 0.3 is 0 Å². The highest BCUT2D eigenvalue weighted by atomic mass is 16.5. The molecule has 0 fully saturated rings. The van der Waals surface area contributed by atoms with Crippen LogP contribution in [0.3, 0.4) is 0 Å². The molecule has 1 atom stereocenters. The first-order valence-corrected chi connectivity index (χ1v) is 8.95. The molecule has 4 heteroatoms. The lowest BCUT2D eigenvalue weighted by Gasteiger charge is -2.35.